The van der Waals surface area contributed by atoms with Crippen LogP contribution in [0.5, 0.6) is 0 Å². The normalized spacial score (nSPS) is 27.4. The molecule has 0 radical (unpaired) electrons. The molecule has 1 amide bonds. The lowest BCUT2D eigenvalue weighted by molar-refractivity contribution is 0.102. The average molecular weight is 434 g/mol. The molecule has 3 atom stereocenters. The predicted molar refractivity (Wildman–Crippen MR) is 107 cm³/mol. The first-order chi connectivity index (χ1) is 13.7. The highest BCUT2D eigenvalue weighted by atomic mass is 35.5. The molecule has 2 heterocycles. The van der Waals surface area contributed by atoms with Crippen molar-refractivity contribution in [1.82, 2.24) is 4.98 Å². The minimum atomic E-state index is -1.23. The number of hydrogen-bond donors (Lipinski definition) is 2. The van der Waals surface area contributed by atoms with Crippen molar-refractivity contribution in [3.8, 4) is 6.07 Å². The zero-order valence-corrected chi connectivity index (χ0v) is 16.6. The van der Waals surface area contributed by atoms with Crippen LogP contribution >= 0.6 is 23.4 Å². The van der Waals surface area contributed by atoms with Gasteiger partial charge in [-0.2, -0.15) is 5.26 Å². The summed E-state index contributed by atoms with van der Waals surface area (Å²) in [7, 11) is 0. The molecule has 6 nitrogen and oxygen atoms in total. The van der Waals surface area contributed by atoms with E-state index in [9.17, 15) is 18.8 Å². The minimum Gasteiger partial charge on any atom is -0.378 e. The van der Waals surface area contributed by atoms with Crippen LogP contribution in [-0.4, -0.2) is 20.8 Å². The number of halogens is 3. The van der Waals surface area contributed by atoms with E-state index in [4.69, 9.17) is 17.3 Å². The van der Waals surface area contributed by atoms with Crippen molar-refractivity contribution in [1.29, 1.82) is 5.26 Å². The highest BCUT2D eigenvalue weighted by Crippen LogP contribution is 2.65. The molecule has 1 aliphatic heterocycles. The van der Waals surface area contributed by atoms with E-state index in [2.05, 4.69) is 21.4 Å². The third kappa shape index (κ3) is 3.22. The number of thioether (sulfide) groups is 1. The lowest BCUT2D eigenvalue weighted by Crippen LogP contribution is -2.35. The molecular weight excluding hydrogens is 420 g/mol. The zero-order chi connectivity index (χ0) is 21.0. The van der Waals surface area contributed by atoms with E-state index >= 15 is 0 Å². The van der Waals surface area contributed by atoms with E-state index in [1.807, 2.05) is 0 Å². The highest BCUT2D eigenvalue weighted by molar-refractivity contribution is 8.15. The van der Waals surface area contributed by atoms with Crippen molar-refractivity contribution >= 4 is 40.1 Å². The van der Waals surface area contributed by atoms with Gasteiger partial charge in [-0.1, -0.05) is 23.4 Å². The van der Waals surface area contributed by atoms with Gasteiger partial charge in [-0.25, -0.2) is 13.8 Å². The van der Waals surface area contributed by atoms with Gasteiger partial charge in [-0.3, -0.25) is 9.79 Å². The second-order valence-electron chi connectivity index (χ2n) is 7.09. The maximum absolute atomic E-state index is 14.7. The quantitative estimate of drug-likeness (QED) is 0.765. The van der Waals surface area contributed by atoms with Gasteiger partial charge in [0.05, 0.1) is 16.6 Å². The first-order valence-electron chi connectivity index (χ1n) is 8.56. The third-order valence-corrected chi connectivity index (χ3v) is 6.63. The number of pyridine rings is 1. The number of nitrogens with one attached hydrogen (secondary N) is 1. The monoisotopic (exact) mass is 433 g/mol. The summed E-state index contributed by atoms with van der Waals surface area (Å²) in [5.74, 6) is -3.16. The zero-order valence-electron chi connectivity index (χ0n) is 15.0. The van der Waals surface area contributed by atoms with Crippen LogP contribution in [0.3, 0.4) is 0 Å². The van der Waals surface area contributed by atoms with Gasteiger partial charge in [0.15, 0.2) is 16.8 Å². The van der Waals surface area contributed by atoms with Gasteiger partial charge in [0.25, 0.3) is 5.91 Å². The Hall–Kier alpha value is -2.70. The largest absolute Gasteiger partial charge is 0.378 e. The smallest absolute Gasteiger partial charge is 0.274 e. The number of nitrogens with two attached hydrogens (primary N) is 1. The van der Waals surface area contributed by atoms with Crippen molar-refractivity contribution in [2.24, 2.45) is 16.6 Å². The van der Waals surface area contributed by atoms with E-state index in [-0.39, 0.29) is 28.0 Å². The SMILES string of the molecule is C[C@]1(c2cc(NC(=O)c3ccc(Cl)cn3)cc(F)c2F)N=C(N)S[C@@]2(C#N)C[C@H]21. The van der Waals surface area contributed by atoms with E-state index in [1.54, 1.807) is 6.92 Å². The number of carbonyl (C=O) groups excluding carboxylic acids is 1. The summed E-state index contributed by atoms with van der Waals surface area (Å²) in [5.41, 5.74) is 4.69. The maximum Gasteiger partial charge on any atom is 0.274 e. The average Bonchev–Trinajstić information content (AvgIpc) is 3.41. The number of anilines is 1. The Morgan fingerprint density at radius 2 is 2.21 bits per heavy atom. The van der Waals surface area contributed by atoms with Crippen molar-refractivity contribution in [2.75, 3.05) is 5.32 Å². The molecule has 1 aromatic carbocycles. The lowest BCUT2D eigenvalue weighted by Gasteiger charge is -2.32. The molecule has 1 aromatic heterocycles. The van der Waals surface area contributed by atoms with Crippen LogP contribution < -0.4 is 11.1 Å². The maximum atomic E-state index is 14.7. The van der Waals surface area contributed by atoms with E-state index < -0.39 is 27.8 Å². The van der Waals surface area contributed by atoms with Gasteiger partial charge in [-0.05, 0) is 31.5 Å². The van der Waals surface area contributed by atoms with Crippen LogP contribution in [0.25, 0.3) is 0 Å². The van der Waals surface area contributed by atoms with Gasteiger partial charge in [0.2, 0.25) is 0 Å². The van der Waals surface area contributed by atoms with Crippen molar-refractivity contribution in [3.05, 3.63) is 58.4 Å². The lowest BCUT2D eigenvalue weighted by atomic mass is 9.85. The molecule has 0 spiro atoms. The van der Waals surface area contributed by atoms with Gasteiger partial charge < -0.3 is 11.1 Å². The second-order valence-corrected chi connectivity index (χ2v) is 8.88. The summed E-state index contributed by atoms with van der Waals surface area (Å²) >= 11 is 6.90. The summed E-state index contributed by atoms with van der Waals surface area (Å²) in [6.45, 7) is 1.62. The van der Waals surface area contributed by atoms with Crippen LogP contribution in [-0.2, 0) is 5.54 Å². The Morgan fingerprint density at radius 1 is 1.45 bits per heavy atom. The molecule has 0 unspecified atom stereocenters. The summed E-state index contributed by atoms with van der Waals surface area (Å²) < 4.78 is 28.3. The molecular formula is C19H14ClF2N5OS. The fourth-order valence-corrected chi connectivity index (χ4v) is 5.04. The predicted octanol–water partition coefficient (Wildman–Crippen LogP) is 3.82. The number of amides is 1. The van der Waals surface area contributed by atoms with Crippen LogP contribution in [0.1, 0.15) is 29.4 Å². The summed E-state index contributed by atoms with van der Waals surface area (Å²) in [6.07, 6.45) is 1.77. The van der Waals surface area contributed by atoms with E-state index in [0.29, 0.717) is 11.4 Å². The molecule has 3 N–H and O–H groups in total. The van der Waals surface area contributed by atoms with Crippen molar-refractivity contribution in [2.45, 2.75) is 23.6 Å². The number of fused-ring (bicyclic) bond motifs is 1. The fourth-order valence-electron chi connectivity index (χ4n) is 3.66. The summed E-state index contributed by atoms with van der Waals surface area (Å²) in [4.78, 5) is 20.6. The van der Waals surface area contributed by atoms with Crippen molar-refractivity contribution in [3.63, 3.8) is 0 Å². The van der Waals surface area contributed by atoms with Crippen molar-refractivity contribution < 1.29 is 13.6 Å². The Labute approximate surface area is 174 Å². The highest BCUT2D eigenvalue weighted by Gasteiger charge is 2.67. The standard InChI is InChI=1S/C19H14ClF2N5OS/c1-18(14-6-19(14,8-23)29-17(24)27-18)11-4-10(5-12(21)15(11)22)26-16(28)13-3-2-9(20)7-25-13/h2-5,7,14H,6H2,1H3,(H2,24,27)(H,26,28)/t14-,18+,19+/m0/s1. The fraction of sp³-hybridized carbons (Fsp3) is 0.263. The van der Waals surface area contributed by atoms with Crippen LogP contribution in [0, 0.1) is 28.9 Å². The summed E-state index contributed by atoms with van der Waals surface area (Å²) in [5, 5.41) is 12.5. The van der Waals surface area contributed by atoms with Gasteiger partial charge in [0.1, 0.15) is 10.4 Å². The van der Waals surface area contributed by atoms with Crippen LogP contribution in [0.4, 0.5) is 14.5 Å². The molecule has 148 valence electrons. The Bertz CT molecular complexity index is 1100. The number of benzene rings is 1. The number of rotatable bonds is 3. The Balaban J connectivity index is 1.72. The molecule has 1 aliphatic carbocycles. The molecule has 1 fully saturated rings. The number of nitrogens with zero attached hydrogens (tertiary/aromatic N) is 3. The van der Waals surface area contributed by atoms with E-state index in [1.165, 1.54) is 24.4 Å². The van der Waals surface area contributed by atoms with Crippen LogP contribution in [0.15, 0.2) is 35.5 Å². The van der Waals surface area contributed by atoms with Gasteiger partial charge >= 0.3 is 0 Å². The first kappa shape index (κ1) is 19.6. The second kappa shape index (κ2) is 6.68. The molecule has 4 rings (SSSR count). The molecule has 29 heavy (non-hydrogen) atoms. The number of aromatic nitrogens is 1. The molecule has 0 saturated heterocycles. The molecule has 2 aliphatic rings. The van der Waals surface area contributed by atoms with Gasteiger partial charge in [-0.15, -0.1) is 0 Å². The number of hydrogen-bond acceptors (Lipinski definition) is 6. The molecule has 1 saturated carbocycles. The molecule has 10 heteroatoms. The number of nitriles is 1. The minimum absolute atomic E-state index is 0.0390. The Kier molecular flexibility index (Phi) is 4.52. The van der Waals surface area contributed by atoms with Crippen LogP contribution in [0.2, 0.25) is 5.02 Å². The third-order valence-electron chi connectivity index (χ3n) is 5.20. The number of amidine groups is 1. The van der Waals surface area contributed by atoms with E-state index in [0.717, 1.165) is 17.8 Å². The molecule has 2 aromatic rings. The first-order valence-corrected chi connectivity index (χ1v) is 9.76. The molecule has 0 bridgehead atoms. The topological polar surface area (TPSA) is 104 Å². The number of carbonyl (C=O) groups is 1. The Morgan fingerprint density at radius 3 is 2.86 bits per heavy atom. The van der Waals surface area contributed by atoms with Gasteiger partial charge in [0, 0.05) is 29.4 Å². The summed E-state index contributed by atoms with van der Waals surface area (Å²) in [6, 6.07) is 7.32. The number of aliphatic imine (C=N–C) groups is 1.